The molecule has 1 aliphatic heterocycles. The molecule has 1 N–H and O–H groups in total. The van der Waals surface area contributed by atoms with E-state index >= 15 is 0 Å². The molecule has 0 saturated heterocycles. The smallest absolute Gasteiger partial charge is 0.269 e. The van der Waals surface area contributed by atoms with Gasteiger partial charge in [-0.1, -0.05) is 24.3 Å². The summed E-state index contributed by atoms with van der Waals surface area (Å²) in [5.74, 6) is -0.204. The van der Waals surface area contributed by atoms with Gasteiger partial charge in [-0.15, -0.1) is 0 Å². The van der Waals surface area contributed by atoms with Crippen LogP contribution in [0.25, 0.3) is 0 Å². The lowest BCUT2D eigenvalue weighted by Crippen LogP contribution is -2.37. The molecular formula is C19H21N3O2. The molecule has 1 aromatic heterocycles. The highest BCUT2D eigenvalue weighted by Crippen LogP contribution is 2.26. The molecule has 2 heterocycles. The molecule has 124 valence electrons. The second kappa shape index (κ2) is 7.25. The number of pyridine rings is 1. The quantitative estimate of drug-likeness (QED) is 0.940. The second-order valence-corrected chi connectivity index (χ2v) is 5.95. The molecule has 0 unspecified atom stereocenters. The Morgan fingerprint density at radius 3 is 2.83 bits per heavy atom. The van der Waals surface area contributed by atoms with Gasteiger partial charge in [-0.25, -0.2) is 4.98 Å². The lowest BCUT2D eigenvalue weighted by atomic mass is 10.0. The summed E-state index contributed by atoms with van der Waals surface area (Å²) in [6.07, 6.45) is 2.27. The Hall–Kier alpha value is -2.69. The van der Waals surface area contributed by atoms with Gasteiger partial charge >= 0.3 is 0 Å². The van der Waals surface area contributed by atoms with Crippen LogP contribution in [0.4, 0.5) is 5.69 Å². The van der Waals surface area contributed by atoms with Crippen LogP contribution in [-0.4, -0.2) is 29.9 Å². The highest BCUT2D eigenvalue weighted by molar-refractivity contribution is 5.96. The van der Waals surface area contributed by atoms with Crippen molar-refractivity contribution < 1.29 is 9.59 Å². The summed E-state index contributed by atoms with van der Waals surface area (Å²) in [4.78, 5) is 30.6. The van der Waals surface area contributed by atoms with Gasteiger partial charge in [-0.2, -0.15) is 0 Å². The number of hydrogen-bond donors (Lipinski definition) is 1. The van der Waals surface area contributed by atoms with Crippen LogP contribution in [0.1, 0.15) is 34.6 Å². The number of carbonyl (C=O) groups is 2. The zero-order chi connectivity index (χ0) is 16.9. The van der Waals surface area contributed by atoms with Crippen molar-refractivity contribution in [1.82, 2.24) is 10.3 Å². The number of nitrogens with zero attached hydrogens (tertiary/aromatic N) is 2. The molecule has 0 aliphatic carbocycles. The Morgan fingerprint density at radius 2 is 2.00 bits per heavy atom. The number of aryl methyl sites for hydroxylation is 2. The van der Waals surface area contributed by atoms with Crippen molar-refractivity contribution in [1.29, 1.82) is 0 Å². The molecule has 0 bridgehead atoms. The molecule has 0 radical (unpaired) electrons. The first kappa shape index (κ1) is 16.2. The molecule has 0 fully saturated rings. The minimum Gasteiger partial charge on any atom is -0.350 e. The van der Waals surface area contributed by atoms with E-state index in [0.29, 0.717) is 12.2 Å². The molecule has 2 amide bonds. The topological polar surface area (TPSA) is 62.3 Å². The summed E-state index contributed by atoms with van der Waals surface area (Å²) < 4.78 is 0. The van der Waals surface area contributed by atoms with Crippen molar-refractivity contribution in [3.8, 4) is 0 Å². The Labute approximate surface area is 141 Å². The number of para-hydroxylation sites is 1. The van der Waals surface area contributed by atoms with Crippen molar-refractivity contribution in [2.75, 3.05) is 18.0 Å². The van der Waals surface area contributed by atoms with E-state index in [0.717, 1.165) is 30.8 Å². The lowest BCUT2D eigenvalue weighted by Gasteiger charge is -2.29. The highest BCUT2D eigenvalue weighted by atomic mass is 16.2. The molecular weight excluding hydrogens is 302 g/mol. The number of hydrogen-bond acceptors (Lipinski definition) is 3. The van der Waals surface area contributed by atoms with Crippen molar-refractivity contribution >= 4 is 17.5 Å². The zero-order valence-electron chi connectivity index (χ0n) is 13.8. The van der Waals surface area contributed by atoms with E-state index in [2.05, 4.69) is 16.4 Å². The predicted molar refractivity (Wildman–Crippen MR) is 93.0 cm³/mol. The number of rotatable bonds is 4. The van der Waals surface area contributed by atoms with E-state index in [1.807, 2.05) is 36.1 Å². The first-order valence-electron chi connectivity index (χ1n) is 8.25. The van der Waals surface area contributed by atoms with E-state index < -0.39 is 0 Å². The lowest BCUT2D eigenvalue weighted by molar-refractivity contribution is -0.118. The first-order chi connectivity index (χ1) is 11.6. The van der Waals surface area contributed by atoms with Gasteiger partial charge in [0.15, 0.2) is 0 Å². The number of benzene rings is 1. The Bertz CT molecular complexity index is 758. The molecule has 24 heavy (non-hydrogen) atoms. The standard InChI is InChI=1S/C19H21N3O2/c1-14-6-4-9-16(21-14)19(24)20-12-11-18(23)22-13-5-8-15-7-2-3-10-17(15)22/h2-4,6-7,9-10H,5,8,11-13H2,1H3,(H,20,24). The van der Waals surface area contributed by atoms with Crippen LogP contribution in [0.15, 0.2) is 42.5 Å². The van der Waals surface area contributed by atoms with Crippen LogP contribution in [0.2, 0.25) is 0 Å². The molecule has 0 saturated carbocycles. The number of amides is 2. The van der Waals surface area contributed by atoms with Gasteiger partial charge in [0, 0.05) is 30.9 Å². The normalized spacial score (nSPS) is 13.3. The van der Waals surface area contributed by atoms with Gasteiger partial charge < -0.3 is 10.2 Å². The van der Waals surface area contributed by atoms with Crippen LogP contribution in [0, 0.1) is 6.92 Å². The van der Waals surface area contributed by atoms with Crippen LogP contribution in [0.3, 0.4) is 0 Å². The van der Waals surface area contributed by atoms with Gasteiger partial charge in [0.25, 0.3) is 5.91 Å². The van der Waals surface area contributed by atoms with E-state index in [1.54, 1.807) is 12.1 Å². The number of aromatic nitrogens is 1. The summed E-state index contributed by atoms with van der Waals surface area (Å²) in [5, 5.41) is 2.77. The average molecular weight is 323 g/mol. The number of carbonyl (C=O) groups excluding carboxylic acids is 2. The van der Waals surface area contributed by atoms with Crippen LogP contribution in [-0.2, 0) is 11.2 Å². The van der Waals surface area contributed by atoms with E-state index in [4.69, 9.17) is 0 Å². The van der Waals surface area contributed by atoms with Crippen molar-refractivity contribution in [3.63, 3.8) is 0 Å². The summed E-state index contributed by atoms with van der Waals surface area (Å²) in [6, 6.07) is 13.3. The summed E-state index contributed by atoms with van der Waals surface area (Å²) >= 11 is 0. The second-order valence-electron chi connectivity index (χ2n) is 5.95. The Kier molecular flexibility index (Phi) is 4.89. The summed E-state index contributed by atoms with van der Waals surface area (Å²) in [5.41, 5.74) is 3.39. The third kappa shape index (κ3) is 3.62. The van der Waals surface area contributed by atoms with Gasteiger partial charge in [0.2, 0.25) is 5.91 Å². The molecule has 0 atom stereocenters. The fourth-order valence-electron chi connectivity index (χ4n) is 2.97. The van der Waals surface area contributed by atoms with E-state index in [9.17, 15) is 9.59 Å². The fraction of sp³-hybridized carbons (Fsp3) is 0.316. The SMILES string of the molecule is Cc1cccc(C(=O)NCCC(=O)N2CCCc3ccccc32)n1. The van der Waals surface area contributed by atoms with Gasteiger partial charge in [-0.3, -0.25) is 9.59 Å². The predicted octanol–water partition coefficient (Wildman–Crippen LogP) is 2.49. The first-order valence-corrected chi connectivity index (χ1v) is 8.25. The Balaban J connectivity index is 1.56. The monoisotopic (exact) mass is 323 g/mol. The summed E-state index contributed by atoms with van der Waals surface area (Å²) in [6.45, 7) is 2.89. The maximum Gasteiger partial charge on any atom is 0.269 e. The highest BCUT2D eigenvalue weighted by Gasteiger charge is 2.21. The number of fused-ring (bicyclic) bond motifs is 1. The van der Waals surface area contributed by atoms with Gasteiger partial charge in [-0.05, 0) is 43.5 Å². The van der Waals surface area contributed by atoms with Gasteiger partial charge in [0.1, 0.15) is 5.69 Å². The van der Waals surface area contributed by atoms with Crippen molar-refractivity contribution in [2.45, 2.75) is 26.2 Å². The fourth-order valence-corrected chi connectivity index (χ4v) is 2.97. The molecule has 1 aromatic carbocycles. The van der Waals surface area contributed by atoms with Crippen LogP contribution in [0.5, 0.6) is 0 Å². The minimum atomic E-state index is -0.245. The van der Waals surface area contributed by atoms with Crippen molar-refractivity contribution in [2.24, 2.45) is 0 Å². The van der Waals surface area contributed by atoms with Crippen LogP contribution >= 0.6 is 0 Å². The molecule has 5 nitrogen and oxygen atoms in total. The van der Waals surface area contributed by atoms with Crippen LogP contribution < -0.4 is 10.2 Å². The van der Waals surface area contributed by atoms with Gasteiger partial charge in [0.05, 0.1) is 0 Å². The van der Waals surface area contributed by atoms with E-state index in [1.165, 1.54) is 5.56 Å². The van der Waals surface area contributed by atoms with E-state index in [-0.39, 0.29) is 18.2 Å². The zero-order valence-corrected chi connectivity index (χ0v) is 13.8. The number of anilines is 1. The minimum absolute atomic E-state index is 0.0413. The third-order valence-corrected chi connectivity index (χ3v) is 4.16. The maximum atomic E-state index is 12.5. The number of nitrogens with one attached hydrogen (secondary N) is 1. The largest absolute Gasteiger partial charge is 0.350 e. The average Bonchev–Trinajstić information content (AvgIpc) is 2.61. The molecule has 3 rings (SSSR count). The molecule has 0 spiro atoms. The molecule has 5 heteroatoms. The third-order valence-electron chi connectivity index (χ3n) is 4.16. The molecule has 1 aliphatic rings. The summed E-state index contributed by atoms with van der Waals surface area (Å²) in [7, 11) is 0. The Morgan fingerprint density at radius 1 is 1.17 bits per heavy atom. The van der Waals surface area contributed by atoms with Crippen molar-refractivity contribution in [3.05, 3.63) is 59.4 Å². The maximum absolute atomic E-state index is 12.5. The molecule has 2 aromatic rings.